The number of aromatic amines is 1. The van der Waals surface area contributed by atoms with Gasteiger partial charge in [0.25, 0.3) is 5.91 Å². The second-order valence-corrected chi connectivity index (χ2v) is 6.04. The molecule has 0 radical (unpaired) electrons. The normalized spacial score (nSPS) is 13.0. The topological polar surface area (TPSA) is 118 Å². The Morgan fingerprint density at radius 3 is 2.82 bits per heavy atom. The fourth-order valence-electron chi connectivity index (χ4n) is 2.86. The van der Waals surface area contributed by atoms with Gasteiger partial charge >= 0.3 is 0 Å². The lowest BCUT2D eigenvalue weighted by molar-refractivity contribution is -0.116. The number of hydrogen-bond acceptors (Lipinski definition) is 7. The molecule has 0 saturated carbocycles. The van der Waals surface area contributed by atoms with Crippen molar-refractivity contribution in [3.63, 3.8) is 0 Å². The number of amides is 1. The Hall–Kier alpha value is -3.75. The highest BCUT2D eigenvalue weighted by Gasteiger charge is 2.18. The second-order valence-electron chi connectivity index (χ2n) is 6.04. The first kappa shape index (κ1) is 17.7. The summed E-state index contributed by atoms with van der Waals surface area (Å²) in [4.78, 5) is 14.9. The number of hydrogen-bond donors (Lipinski definition) is 3. The quantitative estimate of drug-likeness (QED) is 0.582. The average Bonchev–Trinajstić information content (AvgIpc) is 3.03. The molecule has 9 heteroatoms. The molecule has 1 aromatic heterocycles. The van der Waals surface area contributed by atoms with Crippen LogP contribution in [-0.4, -0.2) is 42.9 Å². The van der Waals surface area contributed by atoms with E-state index in [2.05, 4.69) is 20.5 Å². The molecule has 1 aliphatic heterocycles. The Balaban J connectivity index is 1.49. The largest absolute Gasteiger partial charge is 0.497 e. The average molecular weight is 382 g/mol. The number of nitrogens with zero attached hydrogens (tertiary/aromatic N) is 2. The summed E-state index contributed by atoms with van der Waals surface area (Å²) in [5.41, 5.74) is 1.50. The van der Waals surface area contributed by atoms with Crippen molar-refractivity contribution >= 4 is 28.2 Å². The molecule has 144 valence electrons. The van der Waals surface area contributed by atoms with Crippen molar-refractivity contribution in [3.8, 4) is 23.1 Å². The van der Waals surface area contributed by atoms with Crippen LogP contribution in [0.4, 0.5) is 11.4 Å². The zero-order chi connectivity index (χ0) is 19.5. The third-order valence-electron chi connectivity index (χ3n) is 4.19. The molecule has 0 saturated heterocycles. The molecular formula is C19H18N4O5. The van der Waals surface area contributed by atoms with Gasteiger partial charge < -0.3 is 29.6 Å². The second kappa shape index (κ2) is 7.47. The Kier molecular flexibility index (Phi) is 4.71. The zero-order valence-corrected chi connectivity index (χ0v) is 15.1. The molecule has 0 spiro atoms. The SMILES string of the molecule is COc1cccc(NCC(=O)N=Nc2c(O)[nH]c3cc4c(cc23)OCCO4)c1. The molecule has 2 heterocycles. The van der Waals surface area contributed by atoms with Crippen molar-refractivity contribution < 1.29 is 24.1 Å². The number of azo groups is 1. The lowest BCUT2D eigenvalue weighted by Gasteiger charge is -2.17. The molecule has 4 rings (SSSR count). The molecule has 1 amide bonds. The van der Waals surface area contributed by atoms with Gasteiger partial charge in [-0.15, -0.1) is 10.2 Å². The summed E-state index contributed by atoms with van der Waals surface area (Å²) >= 11 is 0. The van der Waals surface area contributed by atoms with Gasteiger partial charge in [0, 0.05) is 23.2 Å². The number of fused-ring (bicyclic) bond motifs is 2. The van der Waals surface area contributed by atoms with Crippen molar-refractivity contribution in [2.24, 2.45) is 10.2 Å². The molecule has 28 heavy (non-hydrogen) atoms. The maximum Gasteiger partial charge on any atom is 0.283 e. The van der Waals surface area contributed by atoms with Crippen LogP contribution >= 0.6 is 0 Å². The Labute approximate surface area is 159 Å². The highest BCUT2D eigenvalue weighted by atomic mass is 16.6. The molecule has 0 unspecified atom stereocenters. The predicted octanol–water partition coefficient (Wildman–Crippen LogP) is 3.38. The molecular weight excluding hydrogens is 364 g/mol. The molecule has 0 fully saturated rings. The first-order chi connectivity index (χ1) is 13.6. The van der Waals surface area contributed by atoms with E-state index in [1.54, 1.807) is 31.4 Å². The number of anilines is 1. The molecule has 3 aromatic rings. The van der Waals surface area contributed by atoms with Crippen LogP contribution in [0.3, 0.4) is 0 Å². The molecule has 1 aliphatic rings. The van der Waals surface area contributed by atoms with Crippen LogP contribution in [0.2, 0.25) is 0 Å². The fraction of sp³-hybridized carbons (Fsp3) is 0.211. The van der Waals surface area contributed by atoms with Crippen LogP contribution in [0, 0.1) is 0 Å². The van der Waals surface area contributed by atoms with E-state index in [-0.39, 0.29) is 18.1 Å². The highest BCUT2D eigenvalue weighted by molar-refractivity contribution is 5.96. The first-order valence-corrected chi connectivity index (χ1v) is 8.61. The number of carbonyl (C=O) groups excluding carboxylic acids is 1. The van der Waals surface area contributed by atoms with Gasteiger partial charge in [0.2, 0.25) is 5.88 Å². The van der Waals surface area contributed by atoms with Gasteiger partial charge in [0.1, 0.15) is 19.0 Å². The van der Waals surface area contributed by atoms with Gasteiger partial charge in [-0.3, -0.25) is 4.79 Å². The van der Waals surface area contributed by atoms with E-state index < -0.39 is 5.91 Å². The van der Waals surface area contributed by atoms with Crippen LogP contribution in [0.25, 0.3) is 10.9 Å². The summed E-state index contributed by atoms with van der Waals surface area (Å²) in [6.07, 6.45) is 0. The number of methoxy groups -OCH3 is 1. The number of carbonyl (C=O) groups is 1. The summed E-state index contributed by atoms with van der Waals surface area (Å²) in [6, 6.07) is 10.6. The number of aromatic nitrogens is 1. The molecule has 9 nitrogen and oxygen atoms in total. The van der Waals surface area contributed by atoms with E-state index in [1.807, 2.05) is 12.1 Å². The van der Waals surface area contributed by atoms with E-state index in [1.165, 1.54) is 0 Å². The smallest absolute Gasteiger partial charge is 0.283 e. The molecule has 0 aliphatic carbocycles. The standard InChI is InChI=1S/C19H18N4O5/c1-26-12-4-2-3-11(7-12)20-10-17(24)22-23-18-13-8-15-16(28-6-5-27-15)9-14(13)21-19(18)25/h2-4,7-9,20-21,25H,5-6,10H2,1H3. The molecule has 0 bridgehead atoms. The summed E-state index contributed by atoms with van der Waals surface area (Å²) in [5, 5.41) is 21.3. The van der Waals surface area contributed by atoms with Gasteiger partial charge in [0.15, 0.2) is 17.2 Å². The fourth-order valence-corrected chi connectivity index (χ4v) is 2.86. The predicted molar refractivity (Wildman–Crippen MR) is 102 cm³/mol. The Morgan fingerprint density at radius 2 is 2.04 bits per heavy atom. The maximum absolute atomic E-state index is 12.1. The van der Waals surface area contributed by atoms with E-state index >= 15 is 0 Å². The van der Waals surface area contributed by atoms with Crippen LogP contribution in [0.15, 0.2) is 46.6 Å². The summed E-state index contributed by atoms with van der Waals surface area (Å²) < 4.78 is 16.2. The lowest BCUT2D eigenvalue weighted by Crippen LogP contribution is -2.15. The number of rotatable bonds is 5. The minimum absolute atomic E-state index is 0.0495. The van der Waals surface area contributed by atoms with Crippen molar-refractivity contribution in [1.29, 1.82) is 0 Å². The maximum atomic E-state index is 12.1. The van der Waals surface area contributed by atoms with E-state index in [0.29, 0.717) is 41.4 Å². The van der Waals surface area contributed by atoms with E-state index in [9.17, 15) is 9.90 Å². The molecule has 0 atom stereocenters. The van der Waals surface area contributed by atoms with Gasteiger partial charge in [0.05, 0.1) is 19.2 Å². The summed E-state index contributed by atoms with van der Waals surface area (Å²) in [6.45, 7) is 0.860. The van der Waals surface area contributed by atoms with Crippen LogP contribution in [0.5, 0.6) is 23.1 Å². The van der Waals surface area contributed by atoms with Crippen LogP contribution < -0.4 is 19.5 Å². The van der Waals surface area contributed by atoms with E-state index in [4.69, 9.17) is 14.2 Å². The third-order valence-corrected chi connectivity index (χ3v) is 4.19. The molecule has 2 aromatic carbocycles. The van der Waals surface area contributed by atoms with Crippen molar-refractivity contribution in [3.05, 3.63) is 36.4 Å². The summed E-state index contributed by atoms with van der Waals surface area (Å²) in [5.74, 6) is 1.14. The minimum atomic E-state index is -0.492. The van der Waals surface area contributed by atoms with Crippen LogP contribution in [-0.2, 0) is 4.79 Å². The molecule has 3 N–H and O–H groups in total. The summed E-state index contributed by atoms with van der Waals surface area (Å²) in [7, 11) is 1.57. The van der Waals surface area contributed by atoms with E-state index in [0.717, 1.165) is 5.69 Å². The Morgan fingerprint density at radius 1 is 1.25 bits per heavy atom. The number of aromatic hydroxyl groups is 1. The van der Waals surface area contributed by atoms with Gasteiger partial charge in [-0.05, 0) is 18.2 Å². The van der Waals surface area contributed by atoms with Gasteiger partial charge in [-0.2, -0.15) is 0 Å². The lowest BCUT2D eigenvalue weighted by atomic mass is 10.2. The monoisotopic (exact) mass is 382 g/mol. The number of benzene rings is 2. The number of nitrogens with one attached hydrogen (secondary N) is 2. The highest BCUT2D eigenvalue weighted by Crippen LogP contribution is 2.42. The third kappa shape index (κ3) is 3.54. The Bertz CT molecular complexity index is 1060. The van der Waals surface area contributed by atoms with Gasteiger partial charge in [-0.25, -0.2) is 0 Å². The van der Waals surface area contributed by atoms with Crippen molar-refractivity contribution in [2.45, 2.75) is 0 Å². The number of H-pyrrole nitrogens is 1. The zero-order valence-electron chi connectivity index (χ0n) is 15.1. The van der Waals surface area contributed by atoms with Crippen LogP contribution in [0.1, 0.15) is 0 Å². The van der Waals surface area contributed by atoms with Gasteiger partial charge in [-0.1, -0.05) is 6.07 Å². The number of ether oxygens (including phenoxy) is 3. The minimum Gasteiger partial charge on any atom is -0.497 e. The van der Waals surface area contributed by atoms with Crippen molar-refractivity contribution in [1.82, 2.24) is 4.98 Å². The van der Waals surface area contributed by atoms with Crippen molar-refractivity contribution in [2.75, 3.05) is 32.2 Å². The first-order valence-electron chi connectivity index (χ1n) is 8.61.